The van der Waals surface area contributed by atoms with E-state index in [9.17, 15) is 0 Å². The lowest BCUT2D eigenvalue weighted by Crippen LogP contribution is -2.28. The lowest BCUT2D eigenvalue weighted by molar-refractivity contribution is 0.474. The maximum atomic E-state index is 9.09. The second-order valence-corrected chi connectivity index (χ2v) is 2.83. The Labute approximate surface area is 76.2 Å². The Balaban J connectivity index is 2.57. The molecule has 0 bridgehead atoms. The van der Waals surface area contributed by atoms with Gasteiger partial charge in [0.1, 0.15) is 5.75 Å². The number of nitrogens with two attached hydrogens (primary N) is 1. The van der Waals surface area contributed by atoms with Crippen molar-refractivity contribution < 1.29 is 5.11 Å². The van der Waals surface area contributed by atoms with Gasteiger partial charge < -0.3 is 16.2 Å². The summed E-state index contributed by atoms with van der Waals surface area (Å²) >= 11 is 4.63. The molecule has 0 aliphatic rings. The molecule has 0 spiro atoms. The Morgan fingerprint density at radius 1 is 1.58 bits per heavy atom. The maximum Gasteiger partial charge on any atom is 0.163 e. The summed E-state index contributed by atoms with van der Waals surface area (Å²) in [6.45, 7) is 0.545. The molecule has 1 aromatic rings. The molecule has 0 amide bonds. The number of phenolic OH excluding ortho intramolecular Hbond substituents is 1. The van der Waals surface area contributed by atoms with Crippen LogP contribution in [-0.2, 0) is 6.54 Å². The van der Waals surface area contributed by atoms with Crippen LogP contribution >= 0.6 is 12.2 Å². The first-order chi connectivity index (χ1) is 5.68. The van der Waals surface area contributed by atoms with Crippen molar-refractivity contribution in [3.05, 3.63) is 29.8 Å². The fourth-order valence-electron chi connectivity index (χ4n) is 0.856. The van der Waals surface area contributed by atoms with Gasteiger partial charge in [0.15, 0.2) is 5.11 Å². The predicted octanol–water partition coefficient (Wildman–Crippen LogP) is 0.725. The van der Waals surface area contributed by atoms with E-state index in [1.54, 1.807) is 18.2 Å². The van der Waals surface area contributed by atoms with Crippen LogP contribution < -0.4 is 11.1 Å². The largest absolute Gasteiger partial charge is 0.508 e. The first-order valence-electron chi connectivity index (χ1n) is 3.49. The highest BCUT2D eigenvalue weighted by molar-refractivity contribution is 7.80. The SMILES string of the molecule is NC(=S)NCc1cccc(O)c1. The van der Waals surface area contributed by atoms with Crippen LogP contribution in [0.25, 0.3) is 0 Å². The van der Waals surface area contributed by atoms with Crippen molar-refractivity contribution in [2.24, 2.45) is 5.73 Å². The van der Waals surface area contributed by atoms with Crippen molar-refractivity contribution in [2.75, 3.05) is 0 Å². The fraction of sp³-hybridized carbons (Fsp3) is 0.125. The van der Waals surface area contributed by atoms with Gasteiger partial charge in [-0.25, -0.2) is 0 Å². The van der Waals surface area contributed by atoms with Gasteiger partial charge in [0, 0.05) is 6.54 Å². The third kappa shape index (κ3) is 2.75. The number of nitrogens with one attached hydrogen (secondary N) is 1. The molecule has 0 heterocycles. The Kier molecular flexibility index (Phi) is 2.88. The molecule has 0 radical (unpaired) electrons. The average Bonchev–Trinajstić information content (AvgIpc) is 2.01. The predicted molar refractivity (Wildman–Crippen MR) is 51.7 cm³/mol. The van der Waals surface area contributed by atoms with E-state index >= 15 is 0 Å². The zero-order valence-electron chi connectivity index (χ0n) is 6.45. The molecule has 0 aliphatic heterocycles. The van der Waals surface area contributed by atoms with Crippen molar-refractivity contribution in [3.8, 4) is 5.75 Å². The van der Waals surface area contributed by atoms with E-state index < -0.39 is 0 Å². The van der Waals surface area contributed by atoms with E-state index in [4.69, 9.17) is 10.8 Å². The molecule has 4 N–H and O–H groups in total. The smallest absolute Gasteiger partial charge is 0.163 e. The van der Waals surface area contributed by atoms with Gasteiger partial charge >= 0.3 is 0 Å². The number of hydrogen-bond donors (Lipinski definition) is 3. The number of thiocarbonyl (C=S) groups is 1. The van der Waals surface area contributed by atoms with Crippen LogP contribution in [0, 0.1) is 0 Å². The van der Waals surface area contributed by atoms with Crippen LogP contribution in [0.1, 0.15) is 5.56 Å². The molecule has 0 atom stereocenters. The third-order valence-corrected chi connectivity index (χ3v) is 1.52. The van der Waals surface area contributed by atoms with Gasteiger partial charge in [0.05, 0.1) is 0 Å². The minimum Gasteiger partial charge on any atom is -0.508 e. The van der Waals surface area contributed by atoms with Gasteiger partial charge in [0.2, 0.25) is 0 Å². The van der Waals surface area contributed by atoms with E-state index in [1.807, 2.05) is 6.07 Å². The van der Waals surface area contributed by atoms with Gasteiger partial charge in [-0.15, -0.1) is 0 Å². The molecule has 1 aromatic carbocycles. The van der Waals surface area contributed by atoms with Crippen LogP contribution in [0.15, 0.2) is 24.3 Å². The zero-order chi connectivity index (χ0) is 8.97. The summed E-state index contributed by atoms with van der Waals surface area (Å²) in [5, 5.41) is 12.1. The lowest BCUT2D eigenvalue weighted by Gasteiger charge is -2.03. The summed E-state index contributed by atoms with van der Waals surface area (Å²) in [4.78, 5) is 0. The van der Waals surface area contributed by atoms with Crippen LogP contribution in [0.2, 0.25) is 0 Å². The van der Waals surface area contributed by atoms with Gasteiger partial charge in [-0.05, 0) is 29.9 Å². The molecule has 0 aliphatic carbocycles. The van der Waals surface area contributed by atoms with E-state index in [0.29, 0.717) is 6.54 Å². The monoisotopic (exact) mass is 182 g/mol. The van der Waals surface area contributed by atoms with Crippen LogP contribution in [0.5, 0.6) is 5.75 Å². The van der Waals surface area contributed by atoms with Gasteiger partial charge in [-0.3, -0.25) is 0 Å². The summed E-state index contributed by atoms with van der Waals surface area (Å²) in [7, 11) is 0. The molecule has 64 valence electrons. The molecule has 0 saturated heterocycles. The topological polar surface area (TPSA) is 58.3 Å². The van der Waals surface area contributed by atoms with Crippen molar-refractivity contribution >= 4 is 17.3 Å². The molecule has 3 nitrogen and oxygen atoms in total. The molecule has 0 fully saturated rings. The van der Waals surface area contributed by atoms with Crippen LogP contribution in [0.4, 0.5) is 0 Å². The van der Waals surface area contributed by atoms with Crippen molar-refractivity contribution in [1.29, 1.82) is 0 Å². The number of hydrogen-bond acceptors (Lipinski definition) is 2. The first-order valence-corrected chi connectivity index (χ1v) is 3.90. The molecule has 0 saturated carbocycles. The highest BCUT2D eigenvalue weighted by atomic mass is 32.1. The summed E-state index contributed by atoms with van der Waals surface area (Å²) < 4.78 is 0. The summed E-state index contributed by atoms with van der Waals surface area (Å²) in [5.41, 5.74) is 6.18. The lowest BCUT2D eigenvalue weighted by atomic mass is 10.2. The first kappa shape index (κ1) is 8.80. The third-order valence-electron chi connectivity index (χ3n) is 1.38. The highest BCUT2D eigenvalue weighted by Crippen LogP contribution is 2.09. The number of phenols is 1. The number of rotatable bonds is 2. The molecule has 0 unspecified atom stereocenters. The van der Waals surface area contributed by atoms with E-state index in [2.05, 4.69) is 17.5 Å². The summed E-state index contributed by atoms with van der Waals surface area (Å²) in [5.74, 6) is 0.247. The standard InChI is InChI=1S/C8H10N2OS/c9-8(12)10-5-6-2-1-3-7(11)4-6/h1-4,11H,5H2,(H3,9,10,12). The maximum absolute atomic E-state index is 9.09. The normalized spacial score (nSPS) is 9.33. The van der Waals surface area contributed by atoms with Gasteiger partial charge in [0.25, 0.3) is 0 Å². The Hall–Kier alpha value is -1.29. The molecule has 1 rings (SSSR count). The van der Waals surface area contributed by atoms with Crippen LogP contribution in [-0.4, -0.2) is 10.2 Å². The van der Waals surface area contributed by atoms with Crippen molar-refractivity contribution in [1.82, 2.24) is 5.32 Å². The fourth-order valence-corrected chi connectivity index (χ4v) is 0.928. The van der Waals surface area contributed by atoms with E-state index in [0.717, 1.165) is 5.56 Å². The van der Waals surface area contributed by atoms with E-state index in [-0.39, 0.29) is 10.9 Å². The van der Waals surface area contributed by atoms with Crippen LogP contribution in [0.3, 0.4) is 0 Å². The second kappa shape index (κ2) is 3.92. The molecule has 0 aromatic heterocycles. The highest BCUT2D eigenvalue weighted by Gasteiger charge is 1.93. The Bertz CT molecular complexity index is 288. The van der Waals surface area contributed by atoms with E-state index in [1.165, 1.54) is 0 Å². The van der Waals surface area contributed by atoms with Crippen molar-refractivity contribution in [2.45, 2.75) is 6.54 Å². The number of aromatic hydroxyl groups is 1. The second-order valence-electron chi connectivity index (χ2n) is 2.39. The average molecular weight is 182 g/mol. The molecule has 12 heavy (non-hydrogen) atoms. The zero-order valence-corrected chi connectivity index (χ0v) is 7.27. The minimum absolute atomic E-state index is 0.247. The molecular weight excluding hydrogens is 172 g/mol. The molecule has 4 heteroatoms. The molecular formula is C8H10N2OS. The Morgan fingerprint density at radius 2 is 2.33 bits per heavy atom. The number of benzene rings is 1. The van der Waals surface area contributed by atoms with Crippen molar-refractivity contribution in [3.63, 3.8) is 0 Å². The quantitative estimate of drug-likeness (QED) is 0.590. The summed E-state index contributed by atoms with van der Waals surface area (Å²) in [6.07, 6.45) is 0. The van der Waals surface area contributed by atoms with Gasteiger partial charge in [-0.2, -0.15) is 0 Å². The summed E-state index contributed by atoms with van der Waals surface area (Å²) in [6, 6.07) is 6.92. The Morgan fingerprint density at radius 3 is 2.92 bits per heavy atom. The van der Waals surface area contributed by atoms with Gasteiger partial charge in [-0.1, -0.05) is 12.1 Å². The minimum atomic E-state index is 0.247.